The normalized spacial score (nSPS) is 16.1. The molecule has 0 aliphatic carbocycles. The second kappa shape index (κ2) is 7.90. The maximum absolute atomic E-state index is 14.3. The summed E-state index contributed by atoms with van der Waals surface area (Å²) >= 11 is 0. The molecule has 1 aliphatic heterocycles. The van der Waals surface area contributed by atoms with E-state index in [9.17, 15) is 9.50 Å². The molecule has 124 valence electrons. The molecule has 1 aromatic carbocycles. The number of aliphatic hydroxyl groups is 1. The molecular weight excluding hydrogens is 283 g/mol. The molecule has 0 aromatic heterocycles. The summed E-state index contributed by atoms with van der Waals surface area (Å²) in [6.45, 7) is 7.78. The van der Waals surface area contributed by atoms with Crippen molar-refractivity contribution < 1.29 is 14.2 Å². The third-order valence-electron chi connectivity index (χ3n) is 4.46. The summed E-state index contributed by atoms with van der Waals surface area (Å²) in [7, 11) is 0. The average Bonchev–Trinajstić information content (AvgIpc) is 2.55. The zero-order chi connectivity index (χ0) is 16.0. The first kappa shape index (κ1) is 17.2. The molecule has 0 spiro atoms. The quantitative estimate of drug-likeness (QED) is 0.811. The molecule has 2 rings (SSSR count). The molecule has 0 bridgehead atoms. The van der Waals surface area contributed by atoms with Gasteiger partial charge in [0.2, 0.25) is 0 Å². The van der Waals surface area contributed by atoms with E-state index in [1.54, 1.807) is 6.07 Å². The minimum Gasteiger partial charge on any atom is -0.389 e. The summed E-state index contributed by atoms with van der Waals surface area (Å²) in [4.78, 5) is 2.02. The highest BCUT2D eigenvalue weighted by Gasteiger charge is 2.21. The zero-order valence-corrected chi connectivity index (χ0v) is 13.6. The number of halogens is 1. The molecule has 0 radical (unpaired) electrons. The van der Waals surface area contributed by atoms with Crippen molar-refractivity contribution in [1.82, 2.24) is 5.32 Å². The fourth-order valence-electron chi connectivity index (χ4n) is 2.66. The Balaban J connectivity index is 1.92. The van der Waals surface area contributed by atoms with Crippen molar-refractivity contribution in [3.05, 3.63) is 29.6 Å². The van der Waals surface area contributed by atoms with Crippen molar-refractivity contribution >= 4 is 5.69 Å². The van der Waals surface area contributed by atoms with Crippen LogP contribution in [0.3, 0.4) is 0 Å². The van der Waals surface area contributed by atoms with Crippen LogP contribution in [-0.4, -0.2) is 43.6 Å². The number of ether oxygens (including phenoxy) is 1. The third-order valence-corrected chi connectivity index (χ3v) is 4.46. The minimum absolute atomic E-state index is 0.192. The third kappa shape index (κ3) is 4.41. The molecule has 1 fully saturated rings. The highest BCUT2D eigenvalue weighted by Crippen LogP contribution is 2.21. The lowest BCUT2D eigenvalue weighted by Gasteiger charge is -2.29. The van der Waals surface area contributed by atoms with Crippen molar-refractivity contribution in [3.8, 4) is 0 Å². The van der Waals surface area contributed by atoms with Crippen LogP contribution in [0.15, 0.2) is 18.2 Å². The van der Waals surface area contributed by atoms with Gasteiger partial charge >= 0.3 is 0 Å². The van der Waals surface area contributed by atoms with Gasteiger partial charge in [-0.15, -0.1) is 0 Å². The topological polar surface area (TPSA) is 44.7 Å². The highest BCUT2D eigenvalue weighted by atomic mass is 19.1. The van der Waals surface area contributed by atoms with Crippen LogP contribution in [0.1, 0.15) is 32.3 Å². The number of nitrogens with zero attached hydrogens (tertiary/aromatic N) is 1. The van der Waals surface area contributed by atoms with Gasteiger partial charge in [-0.25, -0.2) is 4.39 Å². The van der Waals surface area contributed by atoms with Gasteiger partial charge in [-0.3, -0.25) is 0 Å². The SMILES string of the molecule is CCC(O)(CC)CNCc1ccc(N2CCOCC2)c(F)c1. The number of hydrogen-bond donors (Lipinski definition) is 2. The lowest BCUT2D eigenvalue weighted by Crippen LogP contribution is -2.39. The Morgan fingerprint density at radius 2 is 1.95 bits per heavy atom. The van der Waals surface area contributed by atoms with Gasteiger partial charge in [0, 0.05) is 26.2 Å². The van der Waals surface area contributed by atoms with Gasteiger partial charge < -0.3 is 20.1 Å². The van der Waals surface area contributed by atoms with E-state index in [2.05, 4.69) is 5.32 Å². The lowest BCUT2D eigenvalue weighted by atomic mass is 9.97. The Labute approximate surface area is 132 Å². The molecule has 1 heterocycles. The second-order valence-corrected chi connectivity index (χ2v) is 5.92. The van der Waals surface area contributed by atoms with E-state index in [4.69, 9.17) is 4.74 Å². The summed E-state index contributed by atoms with van der Waals surface area (Å²) in [5, 5.41) is 13.4. The van der Waals surface area contributed by atoms with Gasteiger partial charge in [0.25, 0.3) is 0 Å². The number of benzene rings is 1. The van der Waals surface area contributed by atoms with Crippen LogP contribution in [0, 0.1) is 5.82 Å². The molecule has 22 heavy (non-hydrogen) atoms. The average molecular weight is 310 g/mol. The smallest absolute Gasteiger partial charge is 0.146 e. The number of nitrogens with one attached hydrogen (secondary N) is 1. The maximum Gasteiger partial charge on any atom is 0.146 e. The van der Waals surface area contributed by atoms with Crippen molar-refractivity contribution in [2.45, 2.75) is 38.8 Å². The van der Waals surface area contributed by atoms with E-state index in [1.807, 2.05) is 30.9 Å². The highest BCUT2D eigenvalue weighted by molar-refractivity contribution is 5.49. The van der Waals surface area contributed by atoms with Crippen molar-refractivity contribution in [2.24, 2.45) is 0 Å². The van der Waals surface area contributed by atoms with Crippen LogP contribution in [0.4, 0.5) is 10.1 Å². The van der Waals surface area contributed by atoms with E-state index >= 15 is 0 Å². The number of anilines is 1. The molecule has 0 unspecified atom stereocenters. The molecule has 1 aromatic rings. The van der Waals surface area contributed by atoms with Gasteiger partial charge in [0.1, 0.15) is 5.82 Å². The molecule has 2 N–H and O–H groups in total. The molecular formula is C17H27FN2O2. The predicted octanol–water partition coefficient (Wildman–Crippen LogP) is 2.30. The van der Waals surface area contributed by atoms with Gasteiger partial charge in [-0.05, 0) is 30.5 Å². The number of morpholine rings is 1. The Kier molecular flexibility index (Phi) is 6.17. The molecule has 4 nitrogen and oxygen atoms in total. The summed E-state index contributed by atoms with van der Waals surface area (Å²) in [6.07, 6.45) is 1.42. The molecule has 1 aliphatic rings. The Morgan fingerprint density at radius 1 is 1.27 bits per heavy atom. The van der Waals surface area contributed by atoms with Crippen LogP contribution in [0.25, 0.3) is 0 Å². The van der Waals surface area contributed by atoms with E-state index in [0.717, 1.165) is 18.7 Å². The monoisotopic (exact) mass is 310 g/mol. The second-order valence-electron chi connectivity index (χ2n) is 5.92. The van der Waals surface area contributed by atoms with Crippen LogP contribution in [-0.2, 0) is 11.3 Å². The van der Waals surface area contributed by atoms with Crippen LogP contribution in [0.2, 0.25) is 0 Å². The maximum atomic E-state index is 14.3. The lowest BCUT2D eigenvalue weighted by molar-refractivity contribution is 0.0323. The predicted molar refractivity (Wildman–Crippen MR) is 86.7 cm³/mol. The minimum atomic E-state index is -0.674. The summed E-state index contributed by atoms with van der Waals surface area (Å²) in [6, 6.07) is 5.36. The van der Waals surface area contributed by atoms with E-state index in [0.29, 0.717) is 44.8 Å². The van der Waals surface area contributed by atoms with Gasteiger partial charge in [0.15, 0.2) is 0 Å². The van der Waals surface area contributed by atoms with E-state index < -0.39 is 5.60 Å². The summed E-state index contributed by atoms with van der Waals surface area (Å²) < 4.78 is 19.6. The molecule has 0 amide bonds. The first-order valence-electron chi connectivity index (χ1n) is 8.12. The van der Waals surface area contributed by atoms with Crippen molar-refractivity contribution in [2.75, 3.05) is 37.7 Å². The summed E-state index contributed by atoms with van der Waals surface area (Å²) in [5.41, 5.74) is 0.862. The van der Waals surface area contributed by atoms with Gasteiger partial charge in [-0.1, -0.05) is 19.9 Å². The van der Waals surface area contributed by atoms with Gasteiger partial charge in [-0.2, -0.15) is 0 Å². The van der Waals surface area contributed by atoms with Crippen molar-refractivity contribution in [1.29, 1.82) is 0 Å². The van der Waals surface area contributed by atoms with Crippen LogP contribution < -0.4 is 10.2 Å². The van der Waals surface area contributed by atoms with Crippen LogP contribution in [0.5, 0.6) is 0 Å². The van der Waals surface area contributed by atoms with E-state index in [-0.39, 0.29) is 5.82 Å². The van der Waals surface area contributed by atoms with Crippen LogP contribution >= 0.6 is 0 Å². The fraction of sp³-hybridized carbons (Fsp3) is 0.647. The first-order chi connectivity index (χ1) is 10.6. The Bertz CT molecular complexity index is 472. The Morgan fingerprint density at radius 3 is 2.55 bits per heavy atom. The van der Waals surface area contributed by atoms with Crippen molar-refractivity contribution in [3.63, 3.8) is 0 Å². The standard InChI is InChI=1S/C17H27FN2O2/c1-3-17(21,4-2)13-19-12-14-5-6-16(15(18)11-14)20-7-9-22-10-8-20/h5-6,11,19,21H,3-4,7-10,12-13H2,1-2H3. The molecule has 5 heteroatoms. The molecule has 1 saturated heterocycles. The first-order valence-corrected chi connectivity index (χ1v) is 8.12. The number of rotatable bonds is 7. The molecule has 0 atom stereocenters. The number of hydrogen-bond acceptors (Lipinski definition) is 4. The fourth-order valence-corrected chi connectivity index (χ4v) is 2.66. The van der Waals surface area contributed by atoms with E-state index in [1.165, 1.54) is 0 Å². The Hall–Kier alpha value is -1.17. The summed E-state index contributed by atoms with van der Waals surface area (Å²) in [5.74, 6) is -0.192. The largest absolute Gasteiger partial charge is 0.389 e. The van der Waals surface area contributed by atoms with Gasteiger partial charge in [0.05, 0.1) is 24.5 Å². The zero-order valence-electron chi connectivity index (χ0n) is 13.6. The molecule has 0 saturated carbocycles.